The second-order valence-electron chi connectivity index (χ2n) is 6.96. The summed E-state index contributed by atoms with van der Waals surface area (Å²) in [4.78, 5) is 11.1. The van der Waals surface area contributed by atoms with Gasteiger partial charge in [0.25, 0.3) is 10.2 Å². The minimum absolute atomic E-state index is 0.0109. The first-order valence-corrected chi connectivity index (χ1v) is 9.96. The van der Waals surface area contributed by atoms with Gasteiger partial charge in [0.2, 0.25) is 0 Å². The van der Waals surface area contributed by atoms with Crippen LogP contribution in [0.5, 0.6) is 0 Å². The molecule has 2 aromatic heterocycles. The van der Waals surface area contributed by atoms with Crippen LogP contribution in [0.3, 0.4) is 0 Å². The Morgan fingerprint density at radius 2 is 2.04 bits per heavy atom. The van der Waals surface area contributed by atoms with Crippen LogP contribution >= 0.6 is 15.9 Å². The molecule has 4 rings (SSSR count). The summed E-state index contributed by atoms with van der Waals surface area (Å²) in [5.41, 5.74) is 2.10. The zero-order chi connectivity index (χ0) is 17.3. The standard InChI is InChI=1S/C14H19BrN6O2S/c1-19-5-10(15)11-12(19)13(18-8-17-11)21-6-14(7-21)3-9(4-14)20(2)24(16,22)23/h5,8-9H,3-4,6-7H2,1-2H3,(H2,16,22,23). The Kier molecular flexibility index (Phi) is 3.48. The van der Waals surface area contributed by atoms with Crippen LogP contribution < -0.4 is 10.0 Å². The molecule has 0 bridgehead atoms. The zero-order valence-electron chi connectivity index (χ0n) is 13.5. The number of hydrogen-bond acceptors (Lipinski definition) is 5. The third kappa shape index (κ3) is 2.35. The van der Waals surface area contributed by atoms with Crippen molar-refractivity contribution in [3.05, 3.63) is 17.0 Å². The molecule has 2 aromatic rings. The molecule has 1 saturated carbocycles. The summed E-state index contributed by atoms with van der Waals surface area (Å²) in [6.45, 7) is 1.77. The molecule has 24 heavy (non-hydrogen) atoms. The maximum Gasteiger partial charge on any atom is 0.276 e. The Bertz CT molecular complexity index is 913. The van der Waals surface area contributed by atoms with Crippen molar-refractivity contribution in [2.45, 2.75) is 18.9 Å². The smallest absolute Gasteiger partial charge is 0.276 e. The lowest BCUT2D eigenvalue weighted by atomic mass is 9.60. The quantitative estimate of drug-likeness (QED) is 0.801. The van der Waals surface area contributed by atoms with Crippen LogP contribution in [0.2, 0.25) is 0 Å². The van der Waals surface area contributed by atoms with Crippen molar-refractivity contribution in [3.8, 4) is 0 Å². The van der Waals surface area contributed by atoms with Crippen LogP contribution in [-0.4, -0.2) is 53.4 Å². The molecule has 1 spiro atoms. The van der Waals surface area contributed by atoms with Gasteiger partial charge >= 0.3 is 0 Å². The Labute approximate surface area is 149 Å². The highest BCUT2D eigenvalue weighted by atomic mass is 79.9. The van der Waals surface area contributed by atoms with Gasteiger partial charge in [-0.2, -0.15) is 12.7 Å². The van der Waals surface area contributed by atoms with E-state index in [0.717, 1.165) is 47.3 Å². The van der Waals surface area contributed by atoms with Crippen molar-refractivity contribution in [2.24, 2.45) is 17.6 Å². The van der Waals surface area contributed by atoms with Gasteiger partial charge in [-0.15, -0.1) is 0 Å². The molecule has 2 fully saturated rings. The third-order valence-electron chi connectivity index (χ3n) is 5.29. The highest BCUT2D eigenvalue weighted by Gasteiger charge is 2.55. The second kappa shape index (κ2) is 5.13. The number of fused-ring (bicyclic) bond motifs is 1. The van der Waals surface area contributed by atoms with Crippen molar-refractivity contribution in [2.75, 3.05) is 25.0 Å². The average molecular weight is 415 g/mol. The zero-order valence-corrected chi connectivity index (χ0v) is 15.9. The van der Waals surface area contributed by atoms with Gasteiger partial charge in [0.05, 0.1) is 4.47 Å². The van der Waals surface area contributed by atoms with E-state index in [0.29, 0.717) is 0 Å². The molecular formula is C14H19BrN6O2S. The summed E-state index contributed by atoms with van der Waals surface area (Å²) in [7, 11) is -0.0676. The van der Waals surface area contributed by atoms with Gasteiger partial charge in [-0.3, -0.25) is 0 Å². The molecule has 10 heteroatoms. The molecule has 1 saturated heterocycles. The molecule has 8 nitrogen and oxygen atoms in total. The number of halogens is 1. The van der Waals surface area contributed by atoms with Gasteiger partial charge in [0.15, 0.2) is 5.82 Å². The summed E-state index contributed by atoms with van der Waals surface area (Å²) >= 11 is 3.53. The third-order valence-corrected chi connectivity index (χ3v) is 6.98. The molecule has 130 valence electrons. The fourth-order valence-electron chi connectivity index (χ4n) is 3.97. The maximum absolute atomic E-state index is 11.4. The SMILES string of the molecule is CN(C1CC2(C1)CN(c1ncnc3c(Br)cn(C)c13)C2)S(N)(=O)=O. The molecule has 0 radical (unpaired) electrons. The van der Waals surface area contributed by atoms with Gasteiger partial charge in [0, 0.05) is 44.8 Å². The fourth-order valence-corrected chi connectivity index (χ4v) is 5.13. The summed E-state index contributed by atoms with van der Waals surface area (Å²) in [6, 6.07) is 0.0109. The molecule has 2 N–H and O–H groups in total. The van der Waals surface area contributed by atoms with Crippen molar-refractivity contribution in [1.29, 1.82) is 0 Å². The number of anilines is 1. The van der Waals surface area contributed by atoms with E-state index in [-0.39, 0.29) is 11.5 Å². The number of nitrogens with two attached hydrogens (primary N) is 1. The van der Waals surface area contributed by atoms with Gasteiger partial charge in [-0.05, 0) is 28.8 Å². The van der Waals surface area contributed by atoms with Crippen molar-refractivity contribution in [3.63, 3.8) is 0 Å². The number of hydrogen-bond donors (Lipinski definition) is 1. The van der Waals surface area contributed by atoms with E-state index < -0.39 is 10.2 Å². The molecule has 1 aliphatic carbocycles. The summed E-state index contributed by atoms with van der Waals surface area (Å²) in [5, 5.41) is 5.20. The average Bonchev–Trinajstić information content (AvgIpc) is 2.70. The predicted molar refractivity (Wildman–Crippen MR) is 94.7 cm³/mol. The second-order valence-corrected chi connectivity index (χ2v) is 9.42. The minimum Gasteiger partial charge on any atom is -0.354 e. The van der Waals surface area contributed by atoms with E-state index in [2.05, 4.69) is 30.8 Å². The van der Waals surface area contributed by atoms with Crippen LogP contribution in [0.25, 0.3) is 11.0 Å². The number of aromatic nitrogens is 3. The van der Waals surface area contributed by atoms with Crippen molar-refractivity contribution in [1.82, 2.24) is 18.8 Å². The summed E-state index contributed by atoms with van der Waals surface area (Å²) in [6.07, 6.45) is 5.27. The minimum atomic E-state index is -3.60. The van der Waals surface area contributed by atoms with Crippen LogP contribution in [0.1, 0.15) is 12.8 Å². The Morgan fingerprint density at radius 1 is 1.38 bits per heavy atom. The van der Waals surface area contributed by atoms with E-state index in [1.807, 2.05) is 17.8 Å². The normalized spacial score (nSPS) is 20.6. The molecule has 3 heterocycles. The van der Waals surface area contributed by atoms with Crippen LogP contribution in [0.4, 0.5) is 5.82 Å². The van der Waals surface area contributed by atoms with Crippen LogP contribution in [0.15, 0.2) is 17.0 Å². The molecule has 0 unspecified atom stereocenters. The highest BCUT2D eigenvalue weighted by molar-refractivity contribution is 9.10. The maximum atomic E-state index is 11.4. The largest absolute Gasteiger partial charge is 0.354 e. The lowest BCUT2D eigenvalue weighted by Crippen LogP contribution is -2.67. The lowest BCUT2D eigenvalue weighted by Gasteiger charge is -2.60. The van der Waals surface area contributed by atoms with Crippen molar-refractivity contribution >= 4 is 43.0 Å². The fraction of sp³-hybridized carbons (Fsp3) is 0.571. The Balaban J connectivity index is 1.50. The van der Waals surface area contributed by atoms with E-state index >= 15 is 0 Å². The van der Waals surface area contributed by atoms with Gasteiger partial charge in [0.1, 0.15) is 17.4 Å². The first-order chi connectivity index (χ1) is 11.2. The van der Waals surface area contributed by atoms with E-state index in [9.17, 15) is 8.42 Å². The molecule has 0 aromatic carbocycles. The summed E-state index contributed by atoms with van der Waals surface area (Å²) in [5.74, 6) is 0.932. The Hall–Kier alpha value is -1.23. The van der Waals surface area contributed by atoms with E-state index in [4.69, 9.17) is 5.14 Å². The lowest BCUT2D eigenvalue weighted by molar-refractivity contribution is 0.0207. The van der Waals surface area contributed by atoms with Gasteiger partial charge in [-0.25, -0.2) is 15.1 Å². The molecular weight excluding hydrogens is 396 g/mol. The van der Waals surface area contributed by atoms with Crippen molar-refractivity contribution < 1.29 is 8.42 Å². The first kappa shape index (κ1) is 16.2. The Morgan fingerprint density at radius 3 is 2.67 bits per heavy atom. The molecule has 0 atom stereocenters. The predicted octanol–water partition coefficient (Wildman–Crippen LogP) is 0.835. The monoisotopic (exact) mass is 414 g/mol. The van der Waals surface area contributed by atoms with E-state index in [1.165, 1.54) is 4.31 Å². The molecule has 2 aliphatic rings. The number of aryl methyl sites for hydroxylation is 1. The molecule has 0 amide bonds. The number of rotatable bonds is 3. The van der Waals surface area contributed by atoms with E-state index in [1.54, 1.807) is 13.4 Å². The van der Waals surface area contributed by atoms with Crippen LogP contribution in [-0.2, 0) is 17.3 Å². The topological polar surface area (TPSA) is 97.3 Å². The highest BCUT2D eigenvalue weighted by Crippen LogP contribution is 2.51. The molecule has 1 aliphatic heterocycles. The van der Waals surface area contributed by atoms with Gasteiger partial charge < -0.3 is 9.47 Å². The van der Waals surface area contributed by atoms with Gasteiger partial charge in [-0.1, -0.05) is 0 Å². The number of nitrogens with zero attached hydrogens (tertiary/aromatic N) is 5. The first-order valence-electron chi connectivity index (χ1n) is 7.66. The van der Waals surface area contributed by atoms with Crippen LogP contribution in [0, 0.1) is 5.41 Å². The summed E-state index contributed by atoms with van der Waals surface area (Å²) < 4.78 is 27.1.